The first-order valence-electron chi connectivity index (χ1n) is 9.39. The van der Waals surface area contributed by atoms with E-state index in [9.17, 15) is 4.79 Å². The Kier molecular flexibility index (Phi) is 6.42. The van der Waals surface area contributed by atoms with Gasteiger partial charge in [0, 0.05) is 34.2 Å². The Hall–Kier alpha value is -2.27. The molecule has 0 spiro atoms. The smallest absolute Gasteiger partial charge is 0.259 e. The fourth-order valence-corrected chi connectivity index (χ4v) is 5.02. The highest BCUT2D eigenvalue weighted by Gasteiger charge is 2.33. The van der Waals surface area contributed by atoms with E-state index < -0.39 is 0 Å². The third kappa shape index (κ3) is 4.98. The van der Waals surface area contributed by atoms with Crippen LogP contribution >= 0.6 is 34.7 Å². The SMILES string of the molecule is COc1cnc(Cl)cc1-c1cc(C)ncc1C(=O)Nc1nnc(SCC2(C)COC2)s1. The van der Waals surface area contributed by atoms with Gasteiger partial charge in [-0.05, 0) is 19.1 Å². The van der Waals surface area contributed by atoms with Crippen molar-refractivity contribution in [1.82, 2.24) is 20.2 Å². The number of hydrogen-bond acceptors (Lipinski definition) is 9. The van der Waals surface area contributed by atoms with E-state index in [1.165, 1.54) is 23.7 Å². The normalized spacial score (nSPS) is 14.7. The van der Waals surface area contributed by atoms with Crippen LogP contribution in [0, 0.1) is 12.3 Å². The van der Waals surface area contributed by atoms with Crippen molar-refractivity contribution in [2.75, 3.05) is 31.4 Å². The predicted molar refractivity (Wildman–Crippen MR) is 121 cm³/mol. The van der Waals surface area contributed by atoms with Crippen molar-refractivity contribution in [3.8, 4) is 16.9 Å². The number of halogens is 1. The zero-order chi connectivity index (χ0) is 22.0. The molecule has 1 aliphatic rings. The molecule has 0 radical (unpaired) electrons. The van der Waals surface area contributed by atoms with Crippen LogP contribution in [0.2, 0.25) is 5.15 Å². The number of rotatable bonds is 7. The largest absolute Gasteiger partial charge is 0.494 e. The van der Waals surface area contributed by atoms with E-state index in [4.69, 9.17) is 21.1 Å². The maximum absolute atomic E-state index is 13.1. The minimum atomic E-state index is -0.343. The highest BCUT2D eigenvalue weighted by atomic mass is 35.5. The van der Waals surface area contributed by atoms with Crippen molar-refractivity contribution in [2.45, 2.75) is 18.2 Å². The minimum absolute atomic E-state index is 0.174. The lowest BCUT2D eigenvalue weighted by Gasteiger charge is -2.37. The number of ether oxygens (including phenoxy) is 2. The van der Waals surface area contributed by atoms with Crippen LogP contribution in [0.15, 0.2) is 28.9 Å². The van der Waals surface area contributed by atoms with Gasteiger partial charge in [-0.2, -0.15) is 0 Å². The number of methoxy groups -OCH3 is 1. The zero-order valence-electron chi connectivity index (χ0n) is 17.1. The second-order valence-electron chi connectivity index (χ2n) is 7.50. The molecule has 31 heavy (non-hydrogen) atoms. The number of anilines is 1. The number of amides is 1. The molecule has 0 aromatic carbocycles. The van der Waals surface area contributed by atoms with Crippen LogP contribution in [0.3, 0.4) is 0 Å². The van der Waals surface area contributed by atoms with E-state index in [0.717, 1.165) is 29.0 Å². The van der Waals surface area contributed by atoms with Crippen molar-refractivity contribution >= 4 is 45.7 Å². The number of carbonyl (C=O) groups excluding carboxylic acids is 1. The Labute approximate surface area is 192 Å². The summed E-state index contributed by atoms with van der Waals surface area (Å²) in [5.41, 5.74) is 2.60. The number of nitrogens with zero attached hydrogens (tertiary/aromatic N) is 4. The van der Waals surface area contributed by atoms with Gasteiger partial charge < -0.3 is 9.47 Å². The number of pyridine rings is 2. The fraction of sp³-hybridized carbons (Fsp3) is 0.350. The molecule has 0 atom stereocenters. The van der Waals surface area contributed by atoms with Crippen LogP contribution in [0.5, 0.6) is 5.75 Å². The van der Waals surface area contributed by atoms with Crippen molar-refractivity contribution < 1.29 is 14.3 Å². The molecule has 0 aliphatic carbocycles. The van der Waals surface area contributed by atoms with Crippen LogP contribution < -0.4 is 10.1 Å². The number of thioether (sulfide) groups is 1. The quantitative estimate of drug-likeness (QED) is 0.304. The molecule has 1 fully saturated rings. The summed E-state index contributed by atoms with van der Waals surface area (Å²) in [4.78, 5) is 21.4. The molecule has 0 saturated carbocycles. The third-order valence-electron chi connectivity index (χ3n) is 4.70. The summed E-state index contributed by atoms with van der Waals surface area (Å²) in [6, 6.07) is 3.47. The number of aromatic nitrogens is 4. The van der Waals surface area contributed by atoms with Crippen molar-refractivity contribution in [3.05, 3.63) is 40.9 Å². The van der Waals surface area contributed by atoms with Crippen molar-refractivity contribution in [1.29, 1.82) is 0 Å². The fourth-order valence-electron chi connectivity index (χ4n) is 3.01. The summed E-state index contributed by atoms with van der Waals surface area (Å²) in [6.45, 7) is 5.54. The molecule has 3 aromatic rings. The maximum Gasteiger partial charge on any atom is 0.259 e. The van der Waals surface area contributed by atoms with Crippen molar-refractivity contribution in [3.63, 3.8) is 0 Å². The Morgan fingerprint density at radius 3 is 2.81 bits per heavy atom. The van der Waals surface area contributed by atoms with Crippen LogP contribution in [0.25, 0.3) is 11.1 Å². The van der Waals surface area contributed by atoms with Crippen LogP contribution in [0.4, 0.5) is 5.13 Å². The van der Waals surface area contributed by atoms with Gasteiger partial charge in [-0.3, -0.25) is 15.1 Å². The van der Waals surface area contributed by atoms with E-state index in [-0.39, 0.29) is 11.3 Å². The summed E-state index contributed by atoms with van der Waals surface area (Å²) >= 11 is 9.05. The second-order valence-corrected chi connectivity index (χ2v) is 10.1. The van der Waals surface area contributed by atoms with Crippen LogP contribution in [-0.4, -0.2) is 52.1 Å². The maximum atomic E-state index is 13.1. The van der Waals surface area contributed by atoms with Gasteiger partial charge in [-0.15, -0.1) is 10.2 Å². The van der Waals surface area contributed by atoms with Gasteiger partial charge in [0.15, 0.2) is 4.34 Å². The first-order valence-corrected chi connectivity index (χ1v) is 11.6. The topological polar surface area (TPSA) is 99.1 Å². The zero-order valence-corrected chi connectivity index (χ0v) is 19.5. The van der Waals surface area contributed by atoms with Gasteiger partial charge in [-0.25, -0.2) is 4.98 Å². The van der Waals surface area contributed by atoms with E-state index in [1.54, 1.807) is 24.9 Å². The third-order valence-corrected chi connectivity index (χ3v) is 7.31. The minimum Gasteiger partial charge on any atom is -0.494 e. The standard InChI is InChI=1S/C20H20ClN5O3S2/c1-11-4-12(13-5-16(21)23-7-15(13)28-3)14(6-22-11)17(27)24-18-25-26-19(31-18)30-10-20(2)8-29-9-20/h4-7H,8-10H2,1-3H3,(H,24,25,27). The molecule has 1 amide bonds. The molecule has 1 saturated heterocycles. The number of carbonyl (C=O) groups is 1. The number of nitrogens with one attached hydrogen (secondary N) is 1. The van der Waals surface area contributed by atoms with E-state index in [2.05, 4.69) is 32.4 Å². The molecular weight excluding hydrogens is 458 g/mol. The summed E-state index contributed by atoms with van der Waals surface area (Å²) in [5, 5.41) is 11.8. The molecule has 11 heteroatoms. The van der Waals surface area contributed by atoms with E-state index >= 15 is 0 Å². The first kappa shape index (κ1) is 21.9. The molecular formula is C20H20ClN5O3S2. The molecule has 4 heterocycles. The summed E-state index contributed by atoms with van der Waals surface area (Å²) in [7, 11) is 1.54. The lowest BCUT2D eigenvalue weighted by atomic mass is 9.92. The molecule has 162 valence electrons. The Morgan fingerprint density at radius 2 is 2.10 bits per heavy atom. The van der Waals surface area contributed by atoms with Gasteiger partial charge in [0.2, 0.25) is 5.13 Å². The van der Waals surface area contributed by atoms with Gasteiger partial charge in [0.25, 0.3) is 5.91 Å². The van der Waals surface area contributed by atoms with Gasteiger partial charge in [0.05, 0.1) is 32.1 Å². The number of aryl methyl sites for hydroxylation is 1. The van der Waals surface area contributed by atoms with Crippen molar-refractivity contribution in [2.24, 2.45) is 5.41 Å². The Bertz CT molecular complexity index is 1120. The molecule has 3 aromatic heterocycles. The molecule has 8 nitrogen and oxygen atoms in total. The summed E-state index contributed by atoms with van der Waals surface area (Å²) < 4.78 is 11.5. The average molecular weight is 478 g/mol. The van der Waals surface area contributed by atoms with Crippen LogP contribution in [-0.2, 0) is 4.74 Å². The monoisotopic (exact) mass is 477 g/mol. The van der Waals surface area contributed by atoms with Gasteiger partial charge in [-0.1, -0.05) is 41.6 Å². The highest BCUT2D eigenvalue weighted by Crippen LogP contribution is 2.36. The van der Waals surface area contributed by atoms with Gasteiger partial charge >= 0.3 is 0 Å². The molecule has 0 bridgehead atoms. The highest BCUT2D eigenvalue weighted by molar-refractivity contribution is 8.01. The predicted octanol–water partition coefficient (Wildman–Crippen LogP) is 4.35. The lowest BCUT2D eigenvalue weighted by Crippen LogP contribution is -2.41. The number of hydrogen-bond donors (Lipinski definition) is 1. The first-order chi connectivity index (χ1) is 14.9. The second kappa shape index (κ2) is 9.07. The average Bonchev–Trinajstić information content (AvgIpc) is 3.18. The molecule has 0 unspecified atom stereocenters. The molecule has 1 N–H and O–H groups in total. The lowest BCUT2D eigenvalue weighted by molar-refractivity contribution is -0.0861. The Morgan fingerprint density at radius 1 is 1.29 bits per heavy atom. The van der Waals surface area contributed by atoms with Crippen LogP contribution in [0.1, 0.15) is 23.0 Å². The molecule has 4 rings (SSSR count). The van der Waals surface area contributed by atoms with Gasteiger partial charge in [0.1, 0.15) is 10.9 Å². The summed E-state index contributed by atoms with van der Waals surface area (Å²) in [5.74, 6) is 1.06. The summed E-state index contributed by atoms with van der Waals surface area (Å²) in [6.07, 6.45) is 3.05. The van der Waals surface area contributed by atoms with E-state index in [1.807, 2.05) is 13.0 Å². The molecule has 1 aliphatic heterocycles. The van der Waals surface area contributed by atoms with E-state index in [0.29, 0.717) is 32.7 Å². The Balaban J connectivity index is 1.55.